The Bertz CT molecular complexity index is 1380. The number of alkyl halides is 3. The third kappa shape index (κ3) is 5.57. The summed E-state index contributed by atoms with van der Waals surface area (Å²) >= 11 is 0. The molecular formula is C27H26F3N5O. The summed E-state index contributed by atoms with van der Waals surface area (Å²) in [4.78, 5) is 23.5. The van der Waals surface area contributed by atoms with Crippen LogP contribution in [0.2, 0.25) is 0 Å². The number of benzene rings is 1. The maximum Gasteiger partial charge on any atom is 0.389 e. The topological polar surface area (TPSA) is 62.5 Å². The Morgan fingerprint density at radius 2 is 1.83 bits per heavy atom. The Hall–Kier alpha value is -3.72. The summed E-state index contributed by atoms with van der Waals surface area (Å²) in [5.74, 6) is -0.428. The lowest BCUT2D eigenvalue weighted by molar-refractivity contribution is -0.143. The van der Waals surface area contributed by atoms with E-state index in [1.54, 1.807) is 18.3 Å². The van der Waals surface area contributed by atoms with Crippen LogP contribution in [0.1, 0.15) is 18.4 Å². The zero-order chi connectivity index (χ0) is 25.1. The minimum atomic E-state index is -4.32. The number of hydrogen-bond donors (Lipinski definition) is 1. The number of imidazole rings is 1. The number of ketones is 1. The molecule has 0 aliphatic carbocycles. The van der Waals surface area contributed by atoms with Crippen molar-refractivity contribution in [1.29, 1.82) is 0 Å². The number of nitrogens with one attached hydrogen (secondary N) is 1. The van der Waals surface area contributed by atoms with Crippen molar-refractivity contribution in [3.8, 4) is 22.5 Å². The maximum absolute atomic E-state index is 12.4. The summed E-state index contributed by atoms with van der Waals surface area (Å²) in [6.07, 6.45) is -0.421. The van der Waals surface area contributed by atoms with Crippen molar-refractivity contribution in [2.24, 2.45) is 0 Å². The summed E-state index contributed by atoms with van der Waals surface area (Å²) in [6.45, 7) is 3.84. The molecule has 1 saturated heterocycles. The lowest BCUT2D eigenvalue weighted by Gasteiger charge is -2.29. The SMILES string of the molecule is O=C(CCC(F)(F)F)Cc1cccc(-c2cnc3cc(-c4cc(N5CCNCC5)ccn4)ccn23)c1. The molecule has 1 aliphatic heterocycles. The summed E-state index contributed by atoms with van der Waals surface area (Å²) < 4.78 is 39.2. The van der Waals surface area contributed by atoms with Gasteiger partial charge in [0.15, 0.2) is 0 Å². The molecule has 1 fully saturated rings. The molecule has 0 radical (unpaired) electrons. The number of Topliss-reactive ketones (excluding diaryl/α,β-unsaturated/α-hetero) is 1. The fourth-order valence-corrected chi connectivity index (χ4v) is 4.49. The molecule has 0 unspecified atom stereocenters. The third-order valence-corrected chi connectivity index (χ3v) is 6.35. The fourth-order valence-electron chi connectivity index (χ4n) is 4.49. The van der Waals surface area contributed by atoms with Crippen LogP contribution in [0.25, 0.3) is 28.2 Å². The first-order valence-electron chi connectivity index (χ1n) is 11.9. The van der Waals surface area contributed by atoms with Gasteiger partial charge < -0.3 is 10.2 Å². The molecule has 0 atom stereocenters. The van der Waals surface area contributed by atoms with Crippen molar-refractivity contribution < 1.29 is 18.0 Å². The molecule has 4 heterocycles. The number of nitrogens with zero attached hydrogens (tertiary/aromatic N) is 4. The second kappa shape index (κ2) is 10.1. The third-order valence-electron chi connectivity index (χ3n) is 6.35. The van der Waals surface area contributed by atoms with Crippen molar-refractivity contribution in [3.63, 3.8) is 0 Å². The first-order valence-corrected chi connectivity index (χ1v) is 11.9. The zero-order valence-corrected chi connectivity index (χ0v) is 19.6. The quantitative estimate of drug-likeness (QED) is 0.396. The lowest BCUT2D eigenvalue weighted by atomic mass is 10.0. The standard InChI is InChI=1S/C27H26F3N5O/c28-27(29,30)7-4-23(36)15-19-2-1-3-21(14-19)25-18-33-26-16-20(6-11-35(25)26)24-17-22(5-8-32-24)34-12-9-31-10-13-34/h1-3,5-6,8,11,14,16-18,31H,4,7,9-10,12-13,15H2. The van der Waals surface area contributed by atoms with Gasteiger partial charge in [-0.25, -0.2) is 4.98 Å². The van der Waals surface area contributed by atoms with Crippen LogP contribution in [-0.4, -0.2) is 52.5 Å². The number of carbonyl (C=O) groups is 1. The Kier molecular flexibility index (Phi) is 6.73. The van der Waals surface area contributed by atoms with Crippen LogP contribution >= 0.6 is 0 Å². The number of carbonyl (C=O) groups excluding carboxylic acids is 1. The van der Waals surface area contributed by atoms with E-state index in [9.17, 15) is 18.0 Å². The smallest absolute Gasteiger partial charge is 0.369 e. The highest BCUT2D eigenvalue weighted by atomic mass is 19.4. The van der Waals surface area contributed by atoms with Gasteiger partial charge >= 0.3 is 6.18 Å². The number of anilines is 1. The van der Waals surface area contributed by atoms with E-state index in [2.05, 4.69) is 26.3 Å². The lowest BCUT2D eigenvalue weighted by Crippen LogP contribution is -2.43. The van der Waals surface area contributed by atoms with Crippen molar-refractivity contribution in [3.05, 3.63) is 72.7 Å². The average Bonchev–Trinajstić information content (AvgIpc) is 3.31. The van der Waals surface area contributed by atoms with E-state index >= 15 is 0 Å². The van der Waals surface area contributed by atoms with Gasteiger partial charge in [0.25, 0.3) is 0 Å². The monoisotopic (exact) mass is 493 g/mol. The van der Waals surface area contributed by atoms with Gasteiger partial charge in [0.1, 0.15) is 11.4 Å². The highest BCUT2D eigenvalue weighted by Gasteiger charge is 2.27. The minimum absolute atomic E-state index is 0.0279. The largest absolute Gasteiger partial charge is 0.389 e. The molecule has 36 heavy (non-hydrogen) atoms. The highest BCUT2D eigenvalue weighted by Crippen LogP contribution is 2.28. The predicted octanol–water partition coefficient (Wildman–Crippen LogP) is 4.93. The van der Waals surface area contributed by atoms with Gasteiger partial charge in [0.05, 0.1) is 24.0 Å². The average molecular weight is 494 g/mol. The van der Waals surface area contributed by atoms with Gasteiger partial charge in [0, 0.05) is 68.2 Å². The van der Waals surface area contributed by atoms with E-state index < -0.39 is 24.8 Å². The first-order chi connectivity index (χ1) is 17.4. The minimum Gasteiger partial charge on any atom is -0.369 e. The van der Waals surface area contributed by atoms with E-state index in [0.717, 1.165) is 60.0 Å². The van der Waals surface area contributed by atoms with Crippen LogP contribution in [0, 0.1) is 0 Å². The Morgan fingerprint density at radius 1 is 1.00 bits per heavy atom. The molecule has 0 saturated carbocycles. The van der Waals surface area contributed by atoms with Crippen LogP contribution in [0.5, 0.6) is 0 Å². The number of aromatic nitrogens is 3. The molecule has 186 valence electrons. The molecule has 0 bridgehead atoms. The molecule has 0 spiro atoms. The molecular weight excluding hydrogens is 467 g/mol. The molecule has 6 nitrogen and oxygen atoms in total. The molecule has 1 N–H and O–H groups in total. The summed E-state index contributed by atoms with van der Waals surface area (Å²) in [5.41, 5.74) is 6.09. The van der Waals surface area contributed by atoms with Crippen molar-refractivity contribution >= 4 is 17.1 Å². The highest BCUT2D eigenvalue weighted by molar-refractivity contribution is 5.81. The molecule has 4 aromatic rings. The van der Waals surface area contributed by atoms with Crippen LogP contribution in [0.15, 0.2) is 67.1 Å². The fraction of sp³-hybridized carbons (Fsp3) is 0.296. The van der Waals surface area contributed by atoms with Crippen LogP contribution < -0.4 is 10.2 Å². The summed E-state index contributed by atoms with van der Waals surface area (Å²) in [6, 6.07) is 15.4. The van der Waals surface area contributed by atoms with E-state index in [-0.39, 0.29) is 6.42 Å². The maximum atomic E-state index is 12.4. The second-order valence-corrected chi connectivity index (χ2v) is 8.95. The predicted molar refractivity (Wildman–Crippen MR) is 133 cm³/mol. The van der Waals surface area contributed by atoms with Crippen LogP contribution in [0.4, 0.5) is 18.9 Å². The molecule has 0 amide bonds. The molecule has 1 aliphatic rings. The summed E-state index contributed by atoms with van der Waals surface area (Å²) in [7, 11) is 0. The van der Waals surface area contributed by atoms with Crippen LogP contribution in [0.3, 0.4) is 0 Å². The van der Waals surface area contributed by atoms with E-state index in [1.165, 1.54) is 0 Å². The number of rotatable bonds is 7. The number of halogens is 3. The van der Waals surface area contributed by atoms with Crippen molar-refractivity contribution in [1.82, 2.24) is 19.7 Å². The van der Waals surface area contributed by atoms with E-state index in [4.69, 9.17) is 0 Å². The number of fused-ring (bicyclic) bond motifs is 1. The normalized spacial score (nSPS) is 14.4. The van der Waals surface area contributed by atoms with Gasteiger partial charge in [-0.2, -0.15) is 13.2 Å². The molecule has 3 aromatic heterocycles. The van der Waals surface area contributed by atoms with Crippen molar-refractivity contribution in [2.45, 2.75) is 25.4 Å². The van der Waals surface area contributed by atoms with Crippen molar-refractivity contribution in [2.75, 3.05) is 31.1 Å². The van der Waals surface area contributed by atoms with Crippen LogP contribution in [-0.2, 0) is 11.2 Å². The van der Waals surface area contributed by atoms with Gasteiger partial charge in [-0.3, -0.25) is 14.2 Å². The molecule has 9 heteroatoms. The van der Waals surface area contributed by atoms with E-state index in [1.807, 2.05) is 47.1 Å². The van der Waals surface area contributed by atoms with Gasteiger partial charge in [-0.15, -0.1) is 0 Å². The second-order valence-electron chi connectivity index (χ2n) is 8.95. The zero-order valence-electron chi connectivity index (χ0n) is 19.6. The number of pyridine rings is 2. The first kappa shape index (κ1) is 24.0. The Balaban J connectivity index is 1.36. The van der Waals surface area contributed by atoms with E-state index in [0.29, 0.717) is 5.56 Å². The van der Waals surface area contributed by atoms with Gasteiger partial charge in [-0.1, -0.05) is 18.2 Å². The number of hydrogen-bond acceptors (Lipinski definition) is 5. The van der Waals surface area contributed by atoms with Gasteiger partial charge in [-0.05, 0) is 35.9 Å². The Labute approximate surface area is 206 Å². The Morgan fingerprint density at radius 3 is 2.64 bits per heavy atom. The summed E-state index contributed by atoms with van der Waals surface area (Å²) in [5, 5.41) is 3.36. The molecule has 5 rings (SSSR count). The number of piperazine rings is 1. The van der Waals surface area contributed by atoms with Gasteiger partial charge in [0.2, 0.25) is 0 Å². The molecule has 1 aromatic carbocycles.